The molecule has 2 rings (SSSR count). The number of benzene rings is 1. The van der Waals surface area contributed by atoms with E-state index in [0.29, 0.717) is 11.4 Å². The number of thiazole rings is 1. The molecule has 0 aliphatic heterocycles. The van der Waals surface area contributed by atoms with E-state index in [4.69, 9.17) is 0 Å². The maximum Gasteiger partial charge on any atom is 0.154 e. The van der Waals surface area contributed by atoms with Crippen molar-refractivity contribution >= 4 is 23.1 Å². The zero-order valence-corrected chi connectivity index (χ0v) is 12.9. The van der Waals surface area contributed by atoms with E-state index < -0.39 is 0 Å². The second-order valence-corrected chi connectivity index (χ2v) is 7.45. The number of hydrogen-bond donors (Lipinski definition) is 1. The maximum atomic E-state index is 14.0. The lowest BCUT2D eigenvalue weighted by atomic mass is 10.1. The fourth-order valence-corrected chi connectivity index (χ4v) is 3.04. The predicted octanol–water partition coefficient (Wildman–Crippen LogP) is 4.32. The molecule has 1 aromatic heterocycles. The average molecular weight is 296 g/mol. The van der Waals surface area contributed by atoms with Crippen molar-refractivity contribution in [2.75, 3.05) is 0 Å². The van der Waals surface area contributed by atoms with Crippen LogP contribution < -0.4 is 5.32 Å². The Hall–Kier alpha value is -0.910. The molecule has 1 N–H and O–H groups in total. The van der Waals surface area contributed by atoms with Crippen molar-refractivity contribution in [1.29, 1.82) is 0 Å². The standard InChI is InChI=1S/C14H17FN2S2/c1-14(2,3)17-9-10-4-5-12(11(15)8-10)19-13-16-6-7-18-13/h4-8,17H,9H2,1-3H3. The highest BCUT2D eigenvalue weighted by atomic mass is 32.2. The predicted molar refractivity (Wildman–Crippen MR) is 79.2 cm³/mol. The van der Waals surface area contributed by atoms with Crippen LogP contribution in [-0.2, 0) is 6.54 Å². The van der Waals surface area contributed by atoms with E-state index in [1.807, 2.05) is 17.5 Å². The first-order valence-corrected chi connectivity index (χ1v) is 7.74. The minimum absolute atomic E-state index is 0.0325. The van der Waals surface area contributed by atoms with Crippen LogP contribution in [0.5, 0.6) is 0 Å². The van der Waals surface area contributed by atoms with Gasteiger partial charge in [-0.3, -0.25) is 0 Å². The van der Waals surface area contributed by atoms with Crippen molar-refractivity contribution < 1.29 is 4.39 Å². The second-order valence-electron chi connectivity index (χ2n) is 5.27. The highest BCUT2D eigenvalue weighted by Gasteiger charge is 2.10. The van der Waals surface area contributed by atoms with Gasteiger partial charge in [0.25, 0.3) is 0 Å². The molecule has 0 saturated carbocycles. The molecule has 0 radical (unpaired) electrons. The molecule has 0 saturated heterocycles. The van der Waals surface area contributed by atoms with Crippen molar-refractivity contribution in [1.82, 2.24) is 10.3 Å². The number of hydrogen-bond acceptors (Lipinski definition) is 4. The van der Waals surface area contributed by atoms with Gasteiger partial charge in [0.15, 0.2) is 4.34 Å². The summed E-state index contributed by atoms with van der Waals surface area (Å²) in [6, 6.07) is 5.37. The molecule has 19 heavy (non-hydrogen) atoms. The van der Waals surface area contributed by atoms with Crippen LogP contribution in [0, 0.1) is 5.82 Å². The van der Waals surface area contributed by atoms with Crippen molar-refractivity contribution in [3.05, 3.63) is 41.2 Å². The lowest BCUT2D eigenvalue weighted by Gasteiger charge is -2.20. The number of nitrogens with zero attached hydrogens (tertiary/aromatic N) is 1. The molecule has 2 nitrogen and oxygen atoms in total. The lowest BCUT2D eigenvalue weighted by Crippen LogP contribution is -2.35. The molecule has 2 aromatic rings. The Morgan fingerprint density at radius 3 is 2.74 bits per heavy atom. The van der Waals surface area contributed by atoms with Gasteiger partial charge in [0.1, 0.15) is 5.82 Å². The molecule has 0 unspecified atom stereocenters. The van der Waals surface area contributed by atoms with Crippen LogP contribution in [0.1, 0.15) is 26.3 Å². The number of rotatable bonds is 4. The Morgan fingerprint density at radius 1 is 1.37 bits per heavy atom. The molecular weight excluding hydrogens is 279 g/mol. The third kappa shape index (κ3) is 4.60. The topological polar surface area (TPSA) is 24.9 Å². The highest BCUT2D eigenvalue weighted by molar-refractivity contribution is 8.01. The summed E-state index contributed by atoms with van der Waals surface area (Å²) in [4.78, 5) is 4.77. The lowest BCUT2D eigenvalue weighted by molar-refractivity contribution is 0.423. The Balaban J connectivity index is 2.05. The number of aromatic nitrogens is 1. The summed E-state index contributed by atoms with van der Waals surface area (Å²) >= 11 is 2.88. The van der Waals surface area contributed by atoms with Crippen LogP contribution in [0.25, 0.3) is 0 Å². The first kappa shape index (κ1) is 14.5. The number of nitrogens with one attached hydrogen (secondary N) is 1. The van der Waals surface area contributed by atoms with Gasteiger partial charge in [-0.15, -0.1) is 11.3 Å². The van der Waals surface area contributed by atoms with E-state index in [0.717, 1.165) is 9.90 Å². The van der Waals surface area contributed by atoms with E-state index in [-0.39, 0.29) is 11.4 Å². The first-order valence-electron chi connectivity index (χ1n) is 6.05. The van der Waals surface area contributed by atoms with Crippen molar-refractivity contribution in [3.63, 3.8) is 0 Å². The summed E-state index contributed by atoms with van der Waals surface area (Å²) in [6.07, 6.45) is 1.73. The summed E-state index contributed by atoms with van der Waals surface area (Å²) in [5.41, 5.74) is 0.987. The molecular formula is C14H17FN2S2. The number of halogens is 1. The van der Waals surface area contributed by atoms with Crippen LogP contribution in [0.15, 0.2) is 39.0 Å². The third-order valence-corrected chi connectivity index (χ3v) is 4.36. The fourth-order valence-electron chi connectivity index (χ4n) is 1.46. The van der Waals surface area contributed by atoms with Gasteiger partial charge >= 0.3 is 0 Å². The quantitative estimate of drug-likeness (QED) is 0.909. The average Bonchev–Trinajstić information content (AvgIpc) is 2.81. The molecule has 0 spiro atoms. The van der Waals surface area contributed by atoms with Gasteiger partial charge in [-0.25, -0.2) is 9.37 Å². The Morgan fingerprint density at radius 2 is 2.16 bits per heavy atom. The zero-order valence-electron chi connectivity index (χ0n) is 11.2. The van der Waals surface area contributed by atoms with E-state index in [1.54, 1.807) is 12.3 Å². The molecule has 1 aromatic carbocycles. The van der Waals surface area contributed by atoms with Crippen molar-refractivity contribution in [2.45, 2.75) is 42.1 Å². The van der Waals surface area contributed by atoms with Gasteiger partial charge in [0.05, 0.1) is 4.90 Å². The third-order valence-electron chi connectivity index (χ3n) is 2.43. The maximum absolute atomic E-state index is 14.0. The van der Waals surface area contributed by atoms with E-state index in [2.05, 4.69) is 31.1 Å². The van der Waals surface area contributed by atoms with E-state index in [1.165, 1.54) is 23.1 Å². The SMILES string of the molecule is CC(C)(C)NCc1ccc(Sc2nccs2)c(F)c1. The minimum Gasteiger partial charge on any atom is -0.308 e. The van der Waals surface area contributed by atoms with Gasteiger partial charge in [-0.2, -0.15) is 0 Å². The monoisotopic (exact) mass is 296 g/mol. The first-order chi connectivity index (χ1) is 8.94. The highest BCUT2D eigenvalue weighted by Crippen LogP contribution is 2.31. The largest absolute Gasteiger partial charge is 0.308 e. The van der Waals surface area contributed by atoms with Crippen molar-refractivity contribution in [3.8, 4) is 0 Å². The van der Waals surface area contributed by atoms with Crippen LogP contribution in [0.4, 0.5) is 4.39 Å². The molecule has 0 bridgehead atoms. The van der Waals surface area contributed by atoms with Gasteiger partial charge < -0.3 is 5.32 Å². The second kappa shape index (κ2) is 6.03. The normalized spacial score (nSPS) is 11.8. The van der Waals surface area contributed by atoms with Gasteiger partial charge in [0.2, 0.25) is 0 Å². The summed E-state index contributed by atoms with van der Waals surface area (Å²) < 4.78 is 14.9. The van der Waals surface area contributed by atoms with Gasteiger partial charge in [-0.1, -0.05) is 17.8 Å². The van der Waals surface area contributed by atoms with E-state index in [9.17, 15) is 4.39 Å². The van der Waals surface area contributed by atoms with Crippen LogP contribution in [0.2, 0.25) is 0 Å². The Kier molecular flexibility index (Phi) is 4.60. The van der Waals surface area contributed by atoms with Crippen LogP contribution in [-0.4, -0.2) is 10.5 Å². The molecule has 0 atom stereocenters. The van der Waals surface area contributed by atoms with Crippen molar-refractivity contribution in [2.24, 2.45) is 0 Å². The smallest absolute Gasteiger partial charge is 0.154 e. The molecule has 1 heterocycles. The van der Waals surface area contributed by atoms with Crippen LogP contribution in [0.3, 0.4) is 0 Å². The molecule has 0 fully saturated rings. The summed E-state index contributed by atoms with van der Waals surface area (Å²) in [5.74, 6) is -0.187. The zero-order chi connectivity index (χ0) is 13.9. The van der Waals surface area contributed by atoms with Gasteiger partial charge in [0, 0.05) is 23.7 Å². The van der Waals surface area contributed by atoms with Gasteiger partial charge in [-0.05, 0) is 38.5 Å². The molecule has 102 valence electrons. The minimum atomic E-state index is -0.187. The molecule has 0 amide bonds. The van der Waals surface area contributed by atoms with E-state index >= 15 is 0 Å². The Bertz CT molecular complexity index is 533. The van der Waals surface area contributed by atoms with Crippen LogP contribution >= 0.6 is 23.1 Å². The summed E-state index contributed by atoms with van der Waals surface area (Å²) in [7, 11) is 0. The molecule has 0 aliphatic rings. The Labute approximate surface area is 121 Å². The fraction of sp³-hybridized carbons (Fsp3) is 0.357. The summed E-state index contributed by atoms with van der Waals surface area (Å²) in [5, 5.41) is 5.24. The molecule has 0 aliphatic carbocycles. The molecule has 5 heteroatoms. The summed E-state index contributed by atoms with van der Waals surface area (Å²) in [6.45, 7) is 6.95.